The van der Waals surface area contributed by atoms with Crippen molar-refractivity contribution in [3.05, 3.63) is 28.8 Å². The molecule has 0 atom stereocenters. The van der Waals surface area contributed by atoms with Crippen molar-refractivity contribution < 1.29 is 9.53 Å². The fourth-order valence-electron chi connectivity index (χ4n) is 2.59. The van der Waals surface area contributed by atoms with Crippen LogP contribution in [-0.2, 0) is 11.2 Å². The number of amides is 1. The van der Waals surface area contributed by atoms with Crippen LogP contribution in [0.25, 0.3) is 0 Å². The van der Waals surface area contributed by atoms with Gasteiger partial charge in [0.2, 0.25) is 5.91 Å². The highest BCUT2D eigenvalue weighted by molar-refractivity contribution is 6.30. The Morgan fingerprint density at radius 3 is 2.81 bits per heavy atom. The maximum Gasteiger partial charge on any atom is 0.222 e. The van der Waals surface area contributed by atoms with Crippen LogP contribution in [0.5, 0.6) is 5.75 Å². The summed E-state index contributed by atoms with van der Waals surface area (Å²) in [5, 5.41) is 0.671. The van der Waals surface area contributed by atoms with Gasteiger partial charge in [0.05, 0.1) is 6.61 Å². The number of rotatable bonds is 5. The van der Waals surface area contributed by atoms with Gasteiger partial charge in [-0.15, -0.1) is 0 Å². The predicted molar refractivity (Wildman–Crippen MR) is 84.7 cm³/mol. The fraction of sp³-hybridized carbons (Fsp3) is 0.562. The first kappa shape index (κ1) is 16.1. The third-order valence-corrected chi connectivity index (χ3v) is 4.06. The van der Waals surface area contributed by atoms with Gasteiger partial charge < -0.3 is 15.4 Å². The topological polar surface area (TPSA) is 55.6 Å². The lowest BCUT2D eigenvalue weighted by molar-refractivity contribution is -0.132. The minimum Gasteiger partial charge on any atom is -0.494 e. The van der Waals surface area contributed by atoms with Crippen LogP contribution in [0.15, 0.2) is 18.2 Å². The summed E-state index contributed by atoms with van der Waals surface area (Å²) >= 11 is 6.03. The molecule has 1 aromatic carbocycles. The molecule has 0 aliphatic carbocycles. The van der Waals surface area contributed by atoms with Gasteiger partial charge in [-0.05, 0) is 49.9 Å². The first-order valence-electron chi connectivity index (χ1n) is 7.54. The summed E-state index contributed by atoms with van der Waals surface area (Å²) < 4.78 is 5.58. The number of halogens is 1. The SMILES string of the molecule is CCOc1ccc(Cl)cc1CCC(=O)N1CCC(N)CC1. The number of hydrogen-bond donors (Lipinski definition) is 1. The van der Waals surface area contributed by atoms with Crippen LogP contribution < -0.4 is 10.5 Å². The molecule has 2 N–H and O–H groups in total. The second-order valence-corrected chi connectivity index (χ2v) is 5.84. The Hall–Kier alpha value is -1.26. The Bertz CT molecular complexity index is 485. The summed E-state index contributed by atoms with van der Waals surface area (Å²) in [7, 11) is 0. The molecule has 1 aliphatic rings. The molecule has 0 aromatic heterocycles. The number of nitrogens with zero attached hydrogens (tertiary/aromatic N) is 1. The van der Waals surface area contributed by atoms with E-state index >= 15 is 0 Å². The highest BCUT2D eigenvalue weighted by Gasteiger charge is 2.20. The second kappa shape index (κ2) is 7.66. The first-order chi connectivity index (χ1) is 10.1. The highest BCUT2D eigenvalue weighted by Crippen LogP contribution is 2.24. The second-order valence-electron chi connectivity index (χ2n) is 5.40. The van der Waals surface area contributed by atoms with Crippen molar-refractivity contribution in [2.45, 2.75) is 38.6 Å². The molecular formula is C16H23ClN2O2. The molecule has 1 aromatic rings. The van der Waals surface area contributed by atoms with Gasteiger partial charge >= 0.3 is 0 Å². The van der Waals surface area contributed by atoms with Crippen molar-refractivity contribution in [2.24, 2.45) is 5.73 Å². The lowest BCUT2D eigenvalue weighted by Crippen LogP contribution is -2.42. The molecule has 1 saturated heterocycles. The van der Waals surface area contributed by atoms with E-state index in [2.05, 4.69) is 0 Å². The maximum atomic E-state index is 12.2. The monoisotopic (exact) mass is 310 g/mol. The van der Waals surface area contributed by atoms with Gasteiger partial charge in [-0.3, -0.25) is 4.79 Å². The van der Waals surface area contributed by atoms with E-state index in [1.165, 1.54) is 0 Å². The number of piperidine rings is 1. The number of ether oxygens (including phenoxy) is 1. The van der Waals surface area contributed by atoms with E-state index in [9.17, 15) is 4.79 Å². The molecule has 2 rings (SSSR count). The molecule has 1 aliphatic heterocycles. The summed E-state index contributed by atoms with van der Waals surface area (Å²) in [6.45, 7) is 4.09. The van der Waals surface area contributed by atoms with E-state index < -0.39 is 0 Å². The maximum absolute atomic E-state index is 12.2. The molecule has 0 spiro atoms. The molecule has 0 radical (unpaired) electrons. The van der Waals surface area contributed by atoms with Gasteiger partial charge in [0, 0.05) is 30.6 Å². The number of carbonyl (C=O) groups excluding carboxylic acids is 1. The zero-order valence-corrected chi connectivity index (χ0v) is 13.2. The van der Waals surface area contributed by atoms with Crippen molar-refractivity contribution in [3.8, 4) is 5.75 Å². The third kappa shape index (κ3) is 4.61. The van der Waals surface area contributed by atoms with E-state index in [4.69, 9.17) is 22.1 Å². The number of carbonyl (C=O) groups is 1. The van der Waals surface area contributed by atoms with Crippen molar-refractivity contribution in [3.63, 3.8) is 0 Å². The van der Waals surface area contributed by atoms with Gasteiger partial charge in [0.1, 0.15) is 5.75 Å². The smallest absolute Gasteiger partial charge is 0.222 e. The predicted octanol–water partition coefficient (Wildman–Crippen LogP) is 2.62. The van der Waals surface area contributed by atoms with Gasteiger partial charge in [-0.1, -0.05) is 11.6 Å². The van der Waals surface area contributed by atoms with E-state index in [0.29, 0.717) is 24.5 Å². The summed E-state index contributed by atoms with van der Waals surface area (Å²) in [6, 6.07) is 5.80. The lowest BCUT2D eigenvalue weighted by atomic mass is 10.0. The minimum atomic E-state index is 0.185. The third-order valence-electron chi connectivity index (χ3n) is 3.82. The van der Waals surface area contributed by atoms with Gasteiger partial charge in [-0.25, -0.2) is 0 Å². The lowest BCUT2D eigenvalue weighted by Gasteiger charge is -2.30. The van der Waals surface area contributed by atoms with Gasteiger partial charge in [0.15, 0.2) is 0 Å². The number of likely N-dealkylation sites (tertiary alicyclic amines) is 1. The van der Waals surface area contributed by atoms with E-state index in [1.54, 1.807) is 0 Å². The van der Waals surface area contributed by atoms with Crippen molar-refractivity contribution in [2.75, 3.05) is 19.7 Å². The number of nitrogens with two attached hydrogens (primary N) is 1. The van der Waals surface area contributed by atoms with E-state index in [-0.39, 0.29) is 11.9 Å². The molecule has 1 amide bonds. The molecule has 1 fully saturated rings. The molecule has 5 heteroatoms. The molecule has 21 heavy (non-hydrogen) atoms. The number of benzene rings is 1. The number of hydrogen-bond acceptors (Lipinski definition) is 3. The zero-order valence-electron chi connectivity index (χ0n) is 12.5. The van der Waals surface area contributed by atoms with Crippen LogP contribution in [-0.4, -0.2) is 36.5 Å². The van der Waals surface area contributed by atoms with Crippen LogP contribution in [0.2, 0.25) is 5.02 Å². The summed E-state index contributed by atoms with van der Waals surface area (Å²) in [5.74, 6) is 1.000. The first-order valence-corrected chi connectivity index (χ1v) is 7.92. The summed E-state index contributed by atoms with van der Waals surface area (Å²) in [5.41, 5.74) is 6.85. The summed E-state index contributed by atoms with van der Waals surface area (Å²) in [6.07, 6.45) is 2.92. The number of aryl methyl sites for hydroxylation is 1. The average Bonchev–Trinajstić information content (AvgIpc) is 2.48. The quantitative estimate of drug-likeness (QED) is 0.909. The zero-order chi connectivity index (χ0) is 15.2. The Labute approximate surface area is 131 Å². The van der Waals surface area contributed by atoms with Crippen LogP contribution >= 0.6 is 11.6 Å². The van der Waals surface area contributed by atoms with Crippen LogP contribution in [0.1, 0.15) is 31.7 Å². The Kier molecular flexibility index (Phi) is 5.88. The van der Waals surface area contributed by atoms with Crippen LogP contribution in [0.4, 0.5) is 0 Å². The van der Waals surface area contributed by atoms with Gasteiger partial charge in [-0.2, -0.15) is 0 Å². The van der Waals surface area contributed by atoms with E-state index in [0.717, 1.165) is 37.2 Å². The Morgan fingerprint density at radius 1 is 1.43 bits per heavy atom. The summed E-state index contributed by atoms with van der Waals surface area (Å²) in [4.78, 5) is 14.2. The molecule has 0 unspecified atom stereocenters. The van der Waals surface area contributed by atoms with Crippen LogP contribution in [0.3, 0.4) is 0 Å². The average molecular weight is 311 g/mol. The normalized spacial score (nSPS) is 16.0. The molecule has 116 valence electrons. The van der Waals surface area contributed by atoms with Crippen molar-refractivity contribution in [1.29, 1.82) is 0 Å². The standard InChI is InChI=1S/C16H23ClN2O2/c1-2-21-15-5-4-13(17)11-12(15)3-6-16(20)19-9-7-14(18)8-10-19/h4-5,11,14H,2-3,6-10,18H2,1H3. The minimum absolute atomic E-state index is 0.185. The highest BCUT2D eigenvalue weighted by atomic mass is 35.5. The molecular weight excluding hydrogens is 288 g/mol. The van der Waals surface area contributed by atoms with Crippen molar-refractivity contribution >= 4 is 17.5 Å². The molecule has 1 heterocycles. The Balaban J connectivity index is 1.93. The molecule has 0 saturated carbocycles. The Morgan fingerprint density at radius 2 is 2.14 bits per heavy atom. The molecule has 0 bridgehead atoms. The van der Waals surface area contributed by atoms with Crippen LogP contribution in [0, 0.1) is 0 Å². The van der Waals surface area contributed by atoms with E-state index in [1.807, 2.05) is 30.0 Å². The fourth-order valence-corrected chi connectivity index (χ4v) is 2.78. The largest absolute Gasteiger partial charge is 0.494 e. The van der Waals surface area contributed by atoms with Gasteiger partial charge in [0.25, 0.3) is 0 Å². The van der Waals surface area contributed by atoms with Crippen molar-refractivity contribution in [1.82, 2.24) is 4.90 Å². The molecule has 4 nitrogen and oxygen atoms in total.